The van der Waals surface area contributed by atoms with Gasteiger partial charge in [0.1, 0.15) is 11.6 Å². The summed E-state index contributed by atoms with van der Waals surface area (Å²) < 4.78 is 17.7. The molecule has 1 aromatic carbocycles. The van der Waals surface area contributed by atoms with E-state index in [0.717, 1.165) is 49.3 Å². The summed E-state index contributed by atoms with van der Waals surface area (Å²) in [5.74, 6) is 0.523. The van der Waals surface area contributed by atoms with Crippen molar-refractivity contribution in [1.82, 2.24) is 10.3 Å². The second-order valence-electron chi connectivity index (χ2n) is 7.10. The summed E-state index contributed by atoms with van der Waals surface area (Å²) in [6.07, 6.45) is 4.08. The van der Waals surface area contributed by atoms with Crippen molar-refractivity contribution in [3.8, 4) is 11.1 Å². The summed E-state index contributed by atoms with van der Waals surface area (Å²) in [6, 6.07) is 10.4. The maximum absolute atomic E-state index is 13.1. The van der Waals surface area contributed by atoms with E-state index in [4.69, 9.17) is 5.73 Å². The topological polar surface area (TPSA) is 97.6 Å². The molecule has 0 spiro atoms. The van der Waals surface area contributed by atoms with Gasteiger partial charge in [-0.25, -0.2) is 14.2 Å². The zero-order chi connectivity index (χ0) is 20.6. The van der Waals surface area contributed by atoms with Crippen molar-refractivity contribution < 1.29 is 18.7 Å². The van der Waals surface area contributed by atoms with Crippen LogP contribution >= 0.6 is 0 Å². The number of carbonyl (C=O) groups is 2. The minimum absolute atomic E-state index is 0.251. The van der Waals surface area contributed by atoms with Crippen molar-refractivity contribution in [3.05, 3.63) is 48.4 Å². The fourth-order valence-electron chi connectivity index (χ4n) is 3.40. The molecular formula is C21H25FN4O3. The highest BCUT2D eigenvalue weighted by Crippen LogP contribution is 2.26. The van der Waals surface area contributed by atoms with Gasteiger partial charge in [0, 0.05) is 31.4 Å². The molecule has 1 aliphatic heterocycles. The number of alkyl carbamates (subject to hydrolysis) is 1. The van der Waals surface area contributed by atoms with Gasteiger partial charge in [0.25, 0.3) is 5.91 Å². The van der Waals surface area contributed by atoms with E-state index in [1.54, 1.807) is 12.1 Å². The van der Waals surface area contributed by atoms with E-state index < -0.39 is 18.6 Å². The van der Waals surface area contributed by atoms with Crippen LogP contribution < -0.4 is 16.0 Å². The van der Waals surface area contributed by atoms with Crippen LogP contribution in [-0.2, 0) is 9.53 Å². The van der Waals surface area contributed by atoms with E-state index in [1.165, 1.54) is 12.1 Å². The lowest BCUT2D eigenvalue weighted by atomic mass is 9.93. The third-order valence-corrected chi connectivity index (χ3v) is 5.03. The number of amides is 2. The maximum Gasteiger partial charge on any atom is 0.407 e. The Kier molecular flexibility index (Phi) is 6.99. The molecule has 1 saturated heterocycles. The van der Waals surface area contributed by atoms with Gasteiger partial charge in [-0.15, -0.1) is 0 Å². The normalized spacial score (nSPS) is 14.4. The number of primary amides is 1. The predicted molar refractivity (Wildman–Crippen MR) is 108 cm³/mol. The van der Waals surface area contributed by atoms with Crippen LogP contribution in [0.3, 0.4) is 0 Å². The molecule has 0 aliphatic carbocycles. The van der Waals surface area contributed by atoms with Gasteiger partial charge in [-0.05, 0) is 55.0 Å². The Hall–Kier alpha value is -3.16. The fourth-order valence-corrected chi connectivity index (χ4v) is 3.40. The van der Waals surface area contributed by atoms with Crippen molar-refractivity contribution in [1.29, 1.82) is 0 Å². The number of rotatable bonds is 7. The van der Waals surface area contributed by atoms with Crippen molar-refractivity contribution >= 4 is 17.8 Å². The molecule has 8 heteroatoms. The van der Waals surface area contributed by atoms with Gasteiger partial charge in [0.15, 0.2) is 6.61 Å². The molecule has 154 valence electrons. The van der Waals surface area contributed by atoms with Crippen LogP contribution in [0.4, 0.5) is 15.0 Å². The van der Waals surface area contributed by atoms with Crippen molar-refractivity contribution in [2.45, 2.75) is 19.3 Å². The van der Waals surface area contributed by atoms with Crippen LogP contribution in [-0.4, -0.2) is 43.2 Å². The lowest BCUT2D eigenvalue weighted by Gasteiger charge is -2.32. The van der Waals surface area contributed by atoms with Gasteiger partial charge < -0.3 is 20.7 Å². The molecule has 1 aliphatic rings. The Bertz CT molecular complexity index is 819. The maximum atomic E-state index is 13.1. The average molecular weight is 400 g/mol. The zero-order valence-electron chi connectivity index (χ0n) is 16.1. The van der Waals surface area contributed by atoms with Crippen LogP contribution in [0.1, 0.15) is 19.3 Å². The molecule has 0 saturated carbocycles. The summed E-state index contributed by atoms with van der Waals surface area (Å²) in [5.41, 5.74) is 6.82. The number of aromatic nitrogens is 1. The zero-order valence-corrected chi connectivity index (χ0v) is 16.1. The first-order valence-electron chi connectivity index (χ1n) is 9.67. The van der Waals surface area contributed by atoms with E-state index >= 15 is 0 Å². The molecule has 0 atom stereocenters. The molecule has 3 rings (SSSR count). The molecule has 2 amide bonds. The molecule has 0 unspecified atom stereocenters. The largest absolute Gasteiger partial charge is 0.439 e. The molecule has 29 heavy (non-hydrogen) atoms. The Morgan fingerprint density at radius 1 is 1.14 bits per heavy atom. The monoisotopic (exact) mass is 400 g/mol. The summed E-state index contributed by atoms with van der Waals surface area (Å²) in [6.45, 7) is 1.91. The number of benzene rings is 1. The number of hydrogen-bond donors (Lipinski definition) is 2. The molecule has 2 aromatic rings. The van der Waals surface area contributed by atoms with Gasteiger partial charge in [-0.2, -0.15) is 0 Å². The fraction of sp³-hybridized carbons (Fsp3) is 0.381. The first kappa shape index (κ1) is 20.6. The molecular weight excluding hydrogens is 375 g/mol. The van der Waals surface area contributed by atoms with E-state index in [-0.39, 0.29) is 5.82 Å². The number of carbonyl (C=O) groups excluding carboxylic acids is 2. The number of nitrogens with one attached hydrogen (secondary N) is 1. The van der Waals surface area contributed by atoms with Crippen molar-refractivity contribution in [2.75, 3.05) is 31.1 Å². The summed E-state index contributed by atoms with van der Waals surface area (Å²) in [7, 11) is 0. The number of hydrogen-bond acceptors (Lipinski definition) is 5. The lowest BCUT2D eigenvalue weighted by molar-refractivity contribution is -0.120. The molecule has 3 N–H and O–H groups in total. The van der Waals surface area contributed by atoms with Crippen LogP contribution in [0.15, 0.2) is 42.6 Å². The van der Waals surface area contributed by atoms with E-state index in [0.29, 0.717) is 12.5 Å². The number of nitrogens with two attached hydrogens (primary N) is 1. The van der Waals surface area contributed by atoms with Gasteiger partial charge in [0.2, 0.25) is 0 Å². The van der Waals surface area contributed by atoms with Gasteiger partial charge >= 0.3 is 6.09 Å². The SMILES string of the molecule is NC(=O)COC(=O)NCCC1CCN(c2ccc(-c3ccc(F)cc3)cn2)CC1. The standard InChI is InChI=1S/C21H25FN4O3/c22-18-4-1-16(2-5-18)17-3-6-20(25-13-17)26-11-8-15(9-12-26)7-10-24-21(28)29-14-19(23)27/h1-6,13,15H,7-12,14H2,(H2,23,27)(H,24,28). The molecule has 1 fully saturated rings. The van der Waals surface area contributed by atoms with E-state index in [9.17, 15) is 14.0 Å². The number of halogens is 1. The third-order valence-electron chi connectivity index (χ3n) is 5.03. The second-order valence-corrected chi connectivity index (χ2v) is 7.10. The van der Waals surface area contributed by atoms with Gasteiger partial charge in [-0.3, -0.25) is 4.79 Å². The van der Waals surface area contributed by atoms with Gasteiger partial charge in [0.05, 0.1) is 0 Å². The van der Waals surface area contributed by atoms with Crippen LogP contribution in [0.5, 0.6) is 0 Å². The average Bonchev–Trinajstić information content (AvgIpc) is 2.73. The summed E-state index contributed by atoms with van der Waals surface area (Å²) in [5, 5.41) is 2.64. The Labute approximate surface area is 169 Å². The Morgan fingerprint density at radius 3 is 2.45 bits per heavy atom. The number of piperidine rings is 1. The highest BCUT2D eigenvalue weighted by molar-refractivity contribution is 5.78. The lowest BCUT2D eigenvalue weighted by Crippen LogP contribution is -2.36. The summed E-state index contributed by atoms with van der Waals surface area (Å²) in [4.78, 5) is 28.8. The molecule has 7 nitrogen and oxygen atoms in total. The third kappa shape index (κ3) is 6.17. The quantitative estimate of drug-likeness (QED) is 0.745. The Morgan fingerprint density at radius 2 is 1.83 bits per heavy atom. The second kappa shape index (κ2) is 9.86. The minimum Gasteiger partial charge on any atom is -0.439 e. The highest BCUT2D eigenvalue weighted by atomic mass is 19.1. The number of pyridine rings is 1. The predicted octanol–water partition coefficient (Wildman–Crippen LogP) is 2.71. The number of anilines is 1. The van der Waals surface area contributed by atoms with Crippen LogP contribution in [0.25, 0.3) is 11.1 Å². The first-order chi connectivity index (χ1) is 14.0. The van der Waals surface area contributed by atoms with Crippen LogP contribution in [0, 0.1) is 11.7 Å². The van der Waals surface area contributed by atoms with E-state index in [1.807, 2.05) is 18.3 Å². The van der Waals surface area contributed by atoms with Crippen molar-refractivity contribution in [3.63, 3.8) is 0 Å². The van der Waals surface area contributed by atoms with E-state index in [2.05, 4.69) is 19.9 Å². The molecule has 0 bridgehead atoms. The van der Waals surface area contributed by atoms with Crippen LogP contribution in [0.2, 0.25) is 0 Å². The molecule has 0 radical (unpaired) electrons. The van der Waals surface area contributed by atoms with Crippen molar-refractivity contribution in [2.24, 2.45) is 11.7 Å². The smallest absolute Gasteiger partial charge is 0.407 e. The molecule has 1 aromatic heterocycles. The summed E-state index contributed by atoms with van der Waals surface area (Å²) >= 11 is 0. The Balaban J connectivity index is 1.41. The molecule has 2 heterocycles. The first-order valence-corrected chi connectivity index (χ1v) is 9.67. The number of ether oxygens (including phenoxy) is 1. The number of nitrogens with zero attached hydrogens (tertiary/aromatic N) is 2. The highest BCUT2D eigenvalue weighted by Gasteiger charge is 2.20. The minimum atomic E-state index is -0.674. The van der Waals surface area contributed by atoms with Gasteiger partial charge in [-0.1, -0.05) is 12.1 Å².